The molecule has 104 valence electrons. The fourth-order valence-corrected chi connectivity index (χ4v) is 1.14. The van der Waals surface area contributed by atoms with E-state index in [4.69, 9.17) is 9.84 Å². The van der Waals surface area contributed by atoms with Gasteiger partial charge in [-0.3, -0.25) is 4.79 Å². The van der Waals surface area contributed by atoms with Crippen molar-refractivity contribution in [3.05, 3.63) is 24.1 Å². The smallest absolute Gasteiger partial charge is 0.314 e. The van der Waals surface area contributed by atoms with Gasteiger partial charge >= 0.3 is 12.0 Å². The molecule has 0 saturated heterocycles. The molecule has 0 atom stereocenters. The number of urea groups is 1. The van der Waals surface area contributed by atoms with Crippen molar-refractivity contribution in [3.63, 3.8) is 0 Å². The summed E-state index contributed by atoms with van der Waals surface area (Å²) in [6.07, 6.45) is 1.24. The normalized spacial score (nSPS) is 9.74. The summed E-state index contributed by atoms with van der Waals surface area (Å²) in [5.74, 6) is -1.70. The van der Waals surface area contributed by atoms with Gasteiger partial charge in [-0.2, -0.15) is 0 Å². The molecule has 1 aromatic heterocycles. The Kier molecular flexibility index (Phi) is 6.07. The number of carboxylic acid groups (broad SMARTS) is 1. The Morgan fingerprint density at radius 3 is 2.79 bits per heavy atom. The Labute approximate surface area is 108 Å². The number of nitrogens with zero attached hydrogens (tertiary/aromatic N) is 1. The van der Waals surface area contributed by atoms with Crippen LogP contribution in [0.1, 0.15) is 6.42 Å². The van der Waals surface area contributed by atoms with Gasteiger partial charge in [0, 0.05) is 12.7 Å². The zero-order valence-electron chi connectivity index (χ0n) is 10.1. The van der Waals surface area contributed by atoms with E-state index in [9.17, 15) is 14.0 Å². The van der Waals surface area contributed by atoms with E-state index in [2.05, 4.69) is 15.6 Å². The molecule has 0 unspecified atom stereocenters. The maximum absolute atomic E-state index is 13.1. The quantitative estimate of drug-likeness (QED) is 0.622. The van der Waals surface area contributed by atoms with Crippen LogP contribution in [0.4, 0.5) is 9.18 Å². The Balaban J connectivity index is 2.12. The second-order valence-corrected chi connectivity index (χ2v) is 3.47. The number of amides is 2. The maximum Gasteiger partial charge on any atom is 0.314 e. The highest BCUT2D eigenvalue weighted by Gasteiger charge is 2.04. The number of aliphatic carboxylic acids is 1. The second kappa shape index (κ2) is 7.85. The van der Waals surface area contributed by atoms with Crippen molar-refractivity contribution in [2.24, 2.45) is 0 Å². The van der Waals surface area contributed by atoms with Gasteiger partial charge in [0.2, 0.25) is 5.88 Å². The van der Waals surface area contributed by atoms with Crippen molar-refractivity contribution in [2.45, 2.75) is 6.42 Å². The summed E-state index contributed by atoms with van der Waals surface area (Å²) in [6, 6.07) is 2.15. The highest BCUT2D eigenvalue weighted by atomic mass is 19.1. The monoisotopic (exact) mass is 271 g/mol. The van der Waals surface area contributed by atoms with Gasteiger partial charge in [0.25, 0.3) is 0 Å². The van der Waals surface area contributed by atoms with Crippen molar-refractivity contribution in [3.8, 4) is 5.88 Å². The number of hydrogen-bond donors (Lipinski definition) is 3. The zero-order valence-corrected chi connectivity index (χ0v) is 10.1. The first-order chi connectivity index (χ1) is 9.09. The van der Waals surface area contributed by atoms with Crippen LogP contribution in [0.15, 0.2) is 18.3 Å². The lowest BCUT2D eigenvalue weighted by Gasteiger charge is -2.08. The predicted octanol–water partition coefficient (Wildman–Crippen LogP) is 0.373. The molecule has 7 nitrogen and oxygen atoms in total. The summed E-state index contributed by atoms with van der Waals surface area (Å²) in [7, 11) is 0. The number of carboxylic acids is 1. The highest BCUT2D eigenvalue weighted by Crippen LogP contribution is 2.10. The average Bonchev–Trinajstić information content (AvgIpc) is 2.36. The van der Waals surface area contributed by atoms with Crippen LogP contribution in [0.5, 0.6) is 5.88 Å². The number of carbonyl (C=O) groups is 2. The van der Waals surface area contributed by atoms with Crippen molar-refractivity contribution in [1.82, 2.24) is 15.6 Å². The van der Waals surface area contributed by atoms with Crippen LogP contribution < -0.4 is 15.4 Å². The van der Waals surface area contributed by atoms with Gasteiger partial charge in [-0.15, -0.1) is 0 Å². The minimum absolute atomic E-state index is 0.0386. The number of nitrogens with one attached hydrogen (secondary N) is 2. The molecule has 3 N–H and O–H groups in total. The number of ether oxygens (including phenoxy) is 1. The lowest BCUT2D eigenvalue weighted by Crippen LogP contribution is -2.38. The highest BCUT2D eigenvalue weighted by molar-refractivity contribution is 5.74. The fraction of sp³-hybridized carbons (Fsp3) is 0.364. The Morgan fingerprint density at radius 2 is 2.11 bits per heavy atom. The Hall–Kier alpha value is -2.38. The number of aromatic nitrogens is 1. The van der Waals surface area contributed by atoms with E-state index in [1.807, 2.05) is 0 Å². The molecule has 1 aromatic rings. The number of pyridine rings is 1. The summed E-state index contributed by atoms with van der Waals surface area (Å²) >= 11 is 0. The van der Waals surface area contributed by atoms with Crippen LogP contribution in [0.3, 0.4) is 0 Å². The van der Waals surface area contributed by atoms with Crippen molar-refractivity contribution in [2.75, 3.05) is 19.7 Å². The van der Waals surface area contributed by atoms with Gasteiger partial charge in [-0.25, -0.2) is 14.2 Å². The summed E-state index contributed by atoms with van der Waals surface area (Å²) in [5, 5.41) is 13.1. The largest absolute Gasteiger partial charge is 0.481 e. The molecule has 1 rings (SSSR count). The van der Waals surface area contributed by atoms with Crippen LogP contribution in [0.25, 0.3) is 0 Å². The molecule has 0 aliphatic rings. The molecule has 0 fully saturated rings. The molecule has 1 heterocycles. The van der Waals surface area contributed by atoms with E-state index >= 15 is 0 Å². The fourth-order valence-electron chi connectivity index (χ4n) is 1.14. The molecular weight excluding hydrogens is 257 g/mol. The van der Waals surface area contributed by atoms with Crippen LogP contribution in [0, 0.1) is 5.82 Å². The number of carbonyl (C=O) groups excluding carboxylic acids is 1. The summed E-state index contributed by atoms with van der Waals surface area (Å²) in [6.45, 7) is 0.242. The topological polar surface area (TPSA) is 101 Å². The van der Waals surface area contributed by atoms with E-state index in [0.717, 1.165) is 0 Å². The van der Waals surface area contributed by atoms with Crippen molar-refractivity contribution < 1.29 is 23.8 Å². The minimum atomic E-state index is -0.991. The molecule has 0 radical (unpaired) electrons. The Morgan fingerprint density at radius 1 is 1.37 bits per heavy atom. The molecule has 0 aliphatic heterocycles. The summed E-state index contributed by atoms with van der Waals surface area (Å²) in [4.78, 5) is 25.0. The molecule has 0 aromatic carbocycles. The molecule has 8 heteroatoms. The zero-order chi connectivity index (χ0) is 14.1. The second-order valence-electron chi connectivity index (χ2n) is 3.47. The van der Waals surface area contributed by atoms with Crippen LogP contribution in [-0.4, -0.2) is 41.8 Å². The van der Waals surface area contributed by atoms with Gasteiger partial charge in [-0.1, -0.05) is 0 Å². The molecule has 0 spiro atoms. The van der Waals surface area contributed by atoms with Gasteiger partial charge in [-0.05, 0) is 12.1 Å². The third-order valence-corrected chi connectivity index (χ3v) is 1.98. The van der Waals surface area contributed by atoms with Crippen LogP contribution in [0.2, 0.25) is 0 Å². The maximum atomic E-state index is 13.1. The van der Waals surface area contributed by atoms with Crippen molar-refractivity contribution in [1.29, 1.82) is 0 Å². The van der Waals surface area contributed by atoms with Gasteiger partial charge in [0.05, 0.1) is 13.0 Å². The first-order valence-corrected chi connectivity index (χ1v) is 5.56. The van der Waals surface area contributed by atoms with E-state index in [0.29, 0.717) is 0 Å². The third-order valence-electron chi connectivity index (χ3n) is 1.98. The lowest BCUT2D eigenvalue weighted by atomic mass is 10.4. The van der Waals surface area contributed by atoms with Crippen LogP contribution in [-0.2, 0) is 4.79 Å². The number of rotatable bonds is 7. The third kappa shape index (κ3) is 6.20. The molecule has 0 bridgehead atoms. The molecule has 0 saturated carbocycles. The van der Waals surface area contributed by atoms with Crippen LogP contribution >= 0.6 is 0 Å². The predicted molar refractivity (Wildman–Crippen MR) is 63.3 cm³/mol. The molecule has 0 aliphatic carbocycles. The minimum Gasteiger partial charge on any atom is -0.481 e. The average molecular weight is 271 g/mol. The lowest BCUT2D eigenvalue weighted by molar-refractivity contribution is -0.136. The van der Waals surface area contributed by atoms with Crippen molar-refractivity contribution >= 4 is 12.0 Å². The Bertz CT molecular complexity index is 442. The van der Waals surface area contributed by atoms with Gasteiger partial charge < -0.3 is 20.5 Å². The summed E-state index contributed by atoms with van der Waals surface area (Å²) in [5.41, 5.74) is 0. The van der Waals surface area contributed by atoms with E-state index < -0.39 is 17.8 Å². The number of hydrogen-bond acceptors (Lipinski definition) is 4. The van der Waals surface area contributed by atoms with E-state index in [-0.39, 0.29) is 32.0 Å². The van der Waals surface area contributed by atoms with E-state index in [1.165, 1.54) is 18.3 Å². The molecule has 2 amide bonds. The molecule has 19 heavy (non-hydrogen) atoms. The number of halogens is 1. The SMILES string of the molecule is O=C(O)CCNC(=O)NCCOc1ncccc1F. The van der Waals surface area contributed by atoms with Gasteiger partial charge in [0.15, 0.2) is 5.82 Å². The summed E-state index contributed by atoms with van der Waals surface area (Å²) < 4.78 is 18.1. The standard InChI is InChI=1S/C11H14FN3O4/c12-8-2-1-4-13-10(8)19-7-6-15-11(18)14-5-3-9(16)17/h1-2,4H,3,5-7H2,(H,16,17)(H2,14,15,18). The van der Waals surface area contributed by atoms with E-state index in [1.54, 1.807) is 0 Å². The van der Waals surface area contributed by atoms with Gasteiger partial charge in [0.1, 0.15) is 6.61 Å². The first kappa shape index (κ1) is 14.7. The first-order valence-electron chi connectivity index (χ1n) is 5.56. The molecular formula is C11H14FN3O4.